The molecule has 0 bridgehead atoms. The summed E-state index contributed by atoms with van der Waals surface area (Å²) in [7, 11) is 0. The SMILES string of the molecule is C[C@H](C(=O)NCCc1cccs1)N1CCN(Cc2ccc(Cl)cc2)CC1. The largest absolute Gasteiger partial charge is 0.354 e. The molecule has 0 radical (unpaired) electrons. The van der Waals surface area contributed by atoms with Crippen LogP contribution in [0, 0.1) is 0 Å². The first-order valence-corrected chi connectivity index (χ1v) is 10.4. The average Bonchev–Trinajstić information content (AvgIpc) is 3.17. The van der Waals surface area contributed by atoms with E-state index in [0.717, 1.165) is 44.2 Å². The molecule has 0 saturated carbocycles. The zero-order valence-corrected chi connectivity index (χ0v) is 16.7. The number of benzene rings is 1. The number of hydrogen-bond acceptors (Lipinski definition) is 4. The summed E-state index contributed by atoms with van der Waals surface area (Å²) in [6.07, 6.45) is 0.908. The Bertz CT molecular complexity index is 682. The van der Waals surface area contributed by atoms with Crippen molar-refractivity contribution in [1.82, 2.24) is 15.1 Å². The molecule has 1 aliphatic heterocycles. The second-order valence-corrected chi connectivity index (χ2v) is 8.20. The van der Waals surface area contributed by atoms with E-state index < -0.39 is 0 Å². The predicted molar refractivity (Wildman–Crippen MR) is 109 cm³/mol. The first-order chi connectivity index (χ1) is 12.6. The van der Waals surface area contributed by atoms with E-state index in [1.165, 1.54) is 10.4 Å². The molecule has 4 nitrogen and oxygen atoms in total. The van der Waals surface area contributed by atoms with Crippen LogP contribution in [0.5, 0.6) is 0 Å². The first-order valence-electron chi connectivity index (χ1n) is 9.13. The number of nitrogens with one attached hydrogen (secondary N) is 1. The molecule has 0 spiro atoms. The smallest absolute Gasteiger partial charge is 0.237 e. The summed E-state index contributed by atoms with van der Waals surface area (Å²) in [5.74, 6) is 0.132. The van der Waals surface area contributed by atoms with Crippen molar-refractivity contribution in [3.05, 3.63) is 57.2 Å². The zero-order chi connectivity index (χ0) is 18.4. The Morgan fingerprint density at radius 3 is 2.58 bits per heavy atom. The van der Waals surface area contributed by atoms with Crippen LogP contribution >= 0.6 is 22.9 Å². The molecule has 1 aliphatic rings. The fraction of sp³-hybridized carbons (Fsp3) is 0.450. The molecule has 2 heterocycles. The highest BCUT2D eigenvalue weighted by molar-refractivity contribution is 7.09. The number of thiophene rings is 1. The Kier molecular flexibility index (Phi) is 7.08. The molecule has 6 heteroatoms. The molecule has 3 rings (SSSR count). The van der Waals surface area contributed by atoms with Crippen LogP contribution in [0.2, 0.25) is 5.02 Å². The van der Waals surface area contributed by atoms with E-state index in [4.69, 9.17) is 11.6 Å². The van der Waals surface area contributed by atoms with Crippen LogP contribution in [-0.2, 0) is 17.8 Å². The maximum absolute atomic E-state index is 12.4. The molecule has 2 aromatic rings. The molecule has 1 atom stereocenters. The van der Waals surface area contributed by atoms with Crippen molar-refractivity contribution in [3.8, 4) is 0 Å². The molecule has 1 aromatic heterocycles. The second kappa shape index (κ2) is 9.51. The second-order valence-electron chi connectivity index (χ2n) is 6.73. The first kappa shape index (κ1) is 19.4. The Hall–Kier alpha value is -1.40. The van der Waals surface area contributed by atoms with Gasteiger partial charge >= 0.3 is 0 Å². The third-order valence-corrected chi connectivity index (χ3v) is 6.09. The molecular weight excluding hydrogens is 366 g/mol. The fourth-order valence-corrected chi connectivity index (χ4v) is 4.07. The fourth-order valence-electron chi connectivity index (χ4n) is 3.23. The summed E-state index contributed by atoms with van der Waals surface area (Å²) in [4.78, 5) is 18.4. The van der Waals surface area contributed by atoms with Gasteiger partial charge < -0.3 is 5.32 Å². The van der Waals surface area contributed by atoms with Crippen molar-refractivity contribution in [1.29, 1.82) is 0 Å². The summed E-state index contributed by atoms with van der Waals surface area (Å²) in [6, 6.07) is 12.1. The molecule has 1 fully saturated rings. The minimum absolute atomic E-state index is 0.0731. The molecule has 1 amide bonds. The van der Waals surface area contributed by atoms with Gasteiger partial charge in [0.1, 0.15) is 0 Å². The summed E-state index contributed by atoms with van der Waals surface area (Å²) in [5, 5.41) is 5.92. The van der Waals surface area contributed by atoms with Gasteiger partial charge in [0.05, 0.1) is 6.04 Å². The van der Waals surface area contributed by atoms with Crippen molar-refractivity contribution >= 4 is 28.8 Å². The topological polar surface area (TPSA) is 35.6 Å². The normalized spacial score (nSPS) is 17.2. The van der Waals surface area contributed by atoms with Gasteiger partial charge in [-0.3, -0.25) is 14.6 Å². The monoisotopic (exact) mass is 391 g/mol. The third-order valence-electron chi connectivity index (χ3n) is 4.90. The number of piperazine rings is 1. The van der Waals surface area contributed by atoms with Crippen LogP contribution < -0.4 is 5.32 Å². The molecule has 1 saturated heterocycles. The van der Waals surface area contributed by atoms with Crippen molar-refractivity contribution in [2.75, 3.05) is 32.7 Å². The highest BCUT2D eigenvalue weighted by atomic mass is 35.5. The standard InChI is InChI=1S/C20H26ClN3OS/c1-16(20(25)22-9-8-19-3-2-14-26-19)24-12-10-23(11-13-24)15-17-4-6-18(21)7-5-17/h2-7,14,16H,8-13,15H2,1H3,(H,22,25)/t16-/m1/s1. The van der Waals surface area contributed by atoms with E-state index >= 15 is 0 Å². The zero-order valence-electron chi connectivity index (χ0n) is 15.2. The summed E-state index contributed by atoms with van der Waals surface area (Å²) in [6.45, 7) is 7.47. The lowest BCUT2D eigenvalue weighted by molar-refractivity contribution is -0.126. The van der Waals surface area contributed by atoms with Crippen LogP contribution in [-0.4, -0.2) is 54.5 Å². The number of hydrogen-bond donors (Lipinski definition) is 1. The van der Waals surface area contributed by atoms with Crippen molar-refractivity contribution in [2.45, 2.75) is 25.9 Å². The third kappa shape index (κ3) is 5.55. The predicted octanol–water partition coefficient (Wildman–Crippen LogP) is 3.27. The molecule has 26 heavy (non-hydrogen) atoms. The lowest BCUT2D eigenvalue weighted by Gasteiger charge is -2.37. The molecular formula is C20H26ClN3OS. The highest BCUT2D eigenvalue weighted by Crippen LogP contribution is 2.14. The minimum Gasteiger partial charge on any atom is -0.354 e. The van der Waals surface area contributed by atoms with Crippen molar-refractivity contribution < 1.29 is 4.79 Å². The van der Waals surface area contributed by atoms with Crippen LogP contribution in [0.15, 0.2) is 41.8 Å². The maximum Gasteiger partial charge on any atom is 0.237 e. The van der Waals surface area contributed by atoms with E-state index in [9.17, 15) is 4.79 Å². The summed E-state index contributed by atoms with van der Waals surface area (Å²) >= 11 is 7.68. The van der Waals surface area contributed by atoms with Crippen LogP contribution in [0.3, 0.4) is 0 Å². The average molecular weight is 392 g/mol. The summed E-state index contributed by atoms with van der Waals surface area (Å²) < 4.78 is 0. The van der Waals surface area contributed by atoms with Gasteiger partial charge in [-0.05, 0) is 42.5 Å². The van der Waals surface area contributed by atoms with E-state index in [-0.39, 0.29) is 11.9 Å². The van der Waals surface area contributed by atoms with Gasteiger partial charge in [-0.2, -0.15) is 0 Å². The number of amides is 1. The van der Waals surface area contributed by atoms with Crippen LogP contribution in [0.4, 0.5) is 0 Å². The highest BCUT2D eigenvalue weighted by Gasteiger charge is 2.25. The van der Waals surface area contributed by atoms with Crippen LogP contribution in [0.1, 0.15) is 17.4 Å². The number of nitrogens with zero attached hydrogens (tertiary/aromatic N) is 2. The number of halogens is 1. The van der Waals surface area contributed by atoms with Gasteiger partial charge in [0, 0.05) is 49.2 Å². The van der Waals surface area contributed by atoms with Gasteiger partial charge in [0.15, 0.2) is 0 Å². The summed E-state index contributed by atoms with van der Waals surface area (Å²) in [5.41, 5.74) is 1.28. The molecule has 1 N–H and O–H groups in total. The Morgan fingerprint density at radius 1 is 1.19 bits per heavy atom. The Labute approximate surface area is 164 Å². The van der Waals surface area contributed by atoms with Gasteiger partial charge in [-0.1, -0.05) is 29.8 Å². The lowest BCUT2D eigenvalue weighted by Crippen LogP contribution is -2.53. The van der Waals surface area contributed by atoms with E-state index in [2.05, 4.69) is 38.7 Å². The maximum atomic E-state index is 12.4. The van der Waals surface area contributed by atoms with Gasteiger partial charge in [0.2, 0.25) is 5.91 Å². The molecule has 1 aromatic carbocycles. The van der Waals surface area contributed by atoms with Crippen molar-refractivity contribution in [3.63, 3.8) is 0 Å². The van der Waals surface area contributed by atoms with Gasteiger partial charge in [-0.25, -0.2) is 0 Å². The molecule has 0 unspecified atom stereocenters. The van der Waals surface area contributed by atoms with Crippen LogP contribution in [0.25, 0.3) is 0 Å². The van der Waals surface area contributed by atoms with Gasteiger partial charge in [0.25, 0.3) is 0 Å². The number of rotatable bonds is 7. The molecule has 140 valence electrons. The Balaban J connectivity index is 1.39. The Morgan fingerprint density at radius 2 is 1.92 bits per heavy atom. The van der Waals surface area contributed by atoms with E-state index in [1.807, 2.05) is 25.1 Å². The number of carbonyl (C=O) groups is 1. The number of carbonyl (C=O) groups excluding carboxylic acids is 1. The van der Waals surface area contributed by atoms with Crippen molar-refractivity contribution in [2.24, 2.45) is 0 Å². The minimum atomic E-state index is -0.0731. The quantitative estimate of drug-likeness (QED) is 0.786. The van der Waals surface area contributed by atoms with E-state index in [0.29, 0.717) is 6.54 Å². The van der Waals surface area contributed by atoms with Gasteiger partial charge in [-0.15, -0.1) is 11.3 Å². The lowest BCUT2D eigenvalue weighted by atomic mass is 10.1. The van der Waals surface area contributed by atoms with E-state index in [1.54, 1.807) is 11.3 Å². The molecule has 0 aliphatic carbocycles.